The van der Waals surface area contributed by atoms with E-state index in [1.54, 1.807) is 0 Å². The van der Waals surface area contributed by atoms with Crippen LogP contribution in [0.1, 0.15) is 23.6 Å². The van der Waals surface area contributed by atoms with Crippen molar-refractivity contribution in [3.05, 3.63) is 217 Å². The van der Waals surface area contributed by atoms with E-state index in [9.17, 15) is 0 Å². The van der Waals surface area contributed by atoms with Crippen molar-refractivity contribution in [3.8, 4) is 67.3 Å². The average Bonchev–Trinajstić information content (AvgIpc) is 3.80. The molecule has 2 aromatic heterocycles. The zero-order valence-electron chi connectivity index (χ0n) is 31.4. The van der Waals surface area contributed by atoms with Crippen molar-refractivity contribution in [2.45, 2.75) is 12.3 Å². The molecule has 0 aliphatic heterocycles. The Morgan fingerprint density at radius 1 is 0.386 bits per heavy atom. The Labute approximate surface area is 336 Å². The van der Waals surface area contributed by atoms with Crippen molar-refractivity contribution in [1.29, 1.82) is 0 Å². The first kappa shape index (κ1) is 33.4. The number of benzene rings is 8. The Hall–Kier alpha value is -6.94. The van der Waals surface area contributed by atoms with Crippen molar-refractivity contribution >= 4 is 31.5 Å². The molecule has 10 aromatic rings. The highest BCUT2D eigenvalue weighted by Crippen LogP contribution is 2.52. The van der Waals surface area contributed by atoms with Crippen molar-refractivity contribution in [3.63, 3.8) is 0 Å². The summed E-state index contributed by atoms with van der Waals surface area (Å²) in [5.41, 5.74) is 16.2. The molecule has 268 valence electrons. The van der Waals surface area contributed by atoms with Crippen LogP contribution in [0, 0.1) is 0 Å². The molecule has 1 aliphatic carbocycles. The predicted octanol–water partition coefficient (Wildman–Crippen LogP) is 14.5. The number of nitrogens with zero attached hydrogens (tertiary/aromatic N) is 2. The molecule has 0 unspecified atom stereocenters. The van der Waals surface area contributed by atoms with Gasteiger partial charge < -0.3 is 0 Å². The molecule has 0 fully saturated rings. The van der Waals surface area contributed by atoms with E-state index >= 15 is 0 Å². The van der Waals surface area contributed by atoms with Crippen molar-refractivity contribution in [1.82, 2.24) is 9.97 Å². The summed E-state index contributed by atoms with van der Waals surface area (Å²) in [7, 11) is 0. The van der Waals surface area contributed by atoms with Crippen molar-refractivity contribution < 1.29 is 0 Å². The van der Waals surface area contributed by atoms with Gasteiger partial charge in [-0.05, 0) is 75.2 Å². The lowest BCUT2D eigenvalue weighted by Gasteiger charge is -2.28. The summed E-state index contributed by atoms with van der Waals surface area (Å²) in [6.07, 6.45) is 0. The molecule has 0 amide bonds. The van der Waals surface area contributed by atoms with Crippen LogP contribution in [0.5, 0.6) is 0 Å². The highest BCUT2D eigenvalue weighted by molar-refractivity contribution is 7.25. The Morgan fingerprint density at radius 2 is 0.877 bits per heavy atom. The summed E-state index contributed by atoms with van der Waals surface area (Å²) >= 11 is 1.85. The van der Waals surface area contributed by atoms with E-state index in [0.717, 1.165) is 28.1 Å². The number of aromatic nitrogens is 2. The van der Waals surface area contributed by atoms with E-state index in [1.807, 2.05) is 29.5 Å². The zero-order chi connectivity index (χ0) is 37.9. The molecule has 0 atom stereocenters. The molecule has 11 rings (SSSR count). The van der Waals surface area contributed by atoms with Gasteiger partial charge in [0.2, 0.25) is 0 Å². The number of fused-ring (bicyclic) bond motifs is 6. The van der Waals surface area contributed by atoms with Crippen LogP contribution in [0.15, 0.2) is 200 Å². The standard InChI is InChI=1S/C54H36N2S/c1-54(46-18-8-5-14-43(46)44-15-6-9-19-47(44)54)41-32-30-36(31-33-41)35-22-26-38(27-23-35)48-34-49(56-53(55-48)40-12-3-2-4-13-40)39-28-24-37(25-29-39)42-17-11-21-51-52(42)45-16-7-10-20-50(45)57-51/h2-34H,1H3. The lowest BCUT2D eigenvalue weighted by Crippen LogP contribution is -2.22. The second-order valence-corrected chi connectivity index (χ2v) is 16.1. The first-order valence-electron chi connectivity index (χ1n) is 19.5. The number of thiophene rings is 1. The second-order valence-electron chi connectivity index (χ2n) is 15.1. The van der Waals surface area contributed by atoms with Gasteiger partial charge in [-0.2, -0.15) is 0 Å². The molecule has 2 nitrogen and oxygen atoms in total. The van der Waals surface area contributed by atoms with Crippen LogP contribution in [0.2, 0.25) is 0 Å². The maximum absolute atomic E-state index is 5.11. The van der Waals surface area contributed by atoms with Crippen molar-refractivity contribution in [2.75, 3.05) is 0 Å². The fraction of sp³-hybridized carbons (Fsp3) is 0.0370. The van der Waals surface area contributed by atoms with Gasteiger partial charge in [-0.1, -0.05) is 182 Å². The normalized spacial score (nSPS) is 12.8. The molecule has 8 aromatic carbocycles. The molecule has 0 saturated heterocycles. The maximum atomic E-state index is 5.11. The first-order chi connectivity index (χ1) is 28.1. The zero-order valence-corrected chi connectivity index (χ0v) is 32.2. The summed E-state index contributed by atoms with van der Waals surface area (Å²) in [5.74, 6) is 0.713. The maximum Gasteiger partial charge on any atom is 0.160 e. The molecule has 2 heterocycles. The van der Waals surface area contributed by atoms with Gasteiger partial charge in [0, 0.05) is 42.3 Å². The van der Waals surface area contributed by atoms with Crippen LogP contribution in [0.4, 0.5) is 0 Å². The third-order valence-corrected chi connectivity index (χ3v) is 13.0. The van der Waals surface area contributed by atoms with E-state index in [2.05, 4.69) is 189 Å². The summed E-state index contributed by atoms with van der Waals surface area (Å²) < 4.78 is 2.63. The van der Waals surface area contributed by atoms with E-state index in [4.69, 9.17) is 9.97 Å². The summed E-state index contributed by atoms with van der Waals surface area (Å²) in [5, 5.41) is 2.63. The van der Waals surface area contributed by atoms with E-state index in [-0.39, 0.29) is 5.41 Å². The molecule has 57 heavy (non-hydrogen) atoms. The molecule has 0 saturated carbocycles. The Balaban J connectivity index is 0.925. The third kappa shape index (κ3) is 5.54. The summed E-state index contributed by atoms with van der Waals surface area (Å²) in [6, 6.07) is 72.2. The molecule has 0 spiro atoms. The quantitative estimate of drug-likeness (QED) is 0.169. The topological polar surface area (TPSA) is 25.8 Å². The van der Waals surface area contributed by atoms with Crippen LogP contribution in [0.3, 0.4) is 0 Å². The second kappa shape index (κ2) is 13.4. The predicted molar refractivity (Wildman–Crippen MR) is 240 cm³/mol. The molecule has 0 bridgehead atoms. The van der Waals surface area contributed by atoms with Gasteiger partial charge in [0.25, 0.3) is 0 Å². The van der Waals surface area contributed by atoms with Crippen LogP contribution in [-0.2, 0) is 5.41 Å². The summed E-state index contributed by atoms with van der Waals surface area (Å²) in [6.45, 7) is 2.36. The van der Waals surface area contributed by atoms with Crippen LogP contribution in [0.25, 0.3) is 87.5 Å². The molecule has 0 radical (unpaired) electrons. The number of hydrogen-bond acceptors (Lipinski definition) is 3. The molecule has 3 heteroatoms. The monoisotopic (exact) mass is 744 g/mol. The van der Waals surface area contributed by atoms with Gasteiger partial charge >= 0.3 is 0 Å². The van der Waals surface area contributed by atoms with Crippen LogP contribution in [-0.4, -0.2) is 9.97 Å². The number of rotatable bonds is 6. The van der Waals surface area contributed by atoms with Gasteiger partial charge in [-0.25, -0.2) is 9.97 Å². The fourth-order valence-corrected chi connectivity index (χ4v) is 10.0. The molecular weight excluding hydrogens is 709 g/mol. The minimum atomic E-state index is -0.204. The van der Waals surface area contributed by atoms with Gasteiger partial charge in [0.1, 0.15) is 0 Å². The number of hydrogen-bond donors (Lipinski definition) is 0. The minimum absolute atomic E-state index is 0.204. The van der Waals surface area contributed by atoms with Gasteiger partial charge in [0.15, 0.2) is 5.82 Å². The third-order valence-electron chi connectivity index (χ3n) is 11.9. The minimum Gasteiger partial charge on any atom is -0.228 e. The van der Waals surface area contributed by atoms with Crippen LogP contribution >= 0.6 is 11.3 Å². The van der Waals surface area contributed by atoms with E-state index in [0.29, 0.717) is 5.82 Å². The molecular formula is C54H36N2S. The lowest BCUT2D eigenvalue weighted by atomic mass is 9.74. The van der Waals surface area contributed by atoms with Gasteiger partial charge in [-0.15, -0.1) is 11.3 Å². The largest absolute Gasteiger partial charge is 0.228 e. The molecule has 0 N–H and O–H groups in total. The Bertz CT molecular complexity index is 3060. The highest BCUT2D eigenvalue weighted by Gasteiger charge is 2.40. The van der Waals surface area contributed by atoms with Gasteiger partial charge in [0.05, 0.1) is 11.4 Å². The first-order valence-corrected chi connectivity index (χ1v) is 20.3. The SMILES string of the molecule is CC1(c2ccc(-c3ccc(-c4cc(-c5ccc(-c6cccc7sc8ccccc8c67)cc5)nc(-c5ccccc5)n4)cc3)cc2)c2ccccc2-c2ccccc21. The lowest BCUT2D eigenvalue weighted by molar-refractivity contribution is 0.714. The van der Waals surface area contributed by atoms with Crippen LogP contribution < -0.4 is 0 Å². The molecule has 1 aliphatic rings. The summed E-state index contributed by atoms with van der Waals surface area (Å²) in [4.78, 5) is 10.2. The van der Waals surface area contributed by atoms with Crippen molar-refractivity contribution in [2.24, 2.45) is 0 Å². The van der Waals surface area contributed by atoms with E-state index in [1.165, 1.54) is 70.2 Å². The smallest absolute Gasteiger partial charge is 0.160 e. The fourth-order valence-electron chi connectivity index (χ4n) is 8.89. The highest BCUT2D eigenvalue weighted by atomic mass is 32.1. The average molecular weight is 745 g/mol. The Kier molecular flexibility index (Phi) is 7.84. The van der Waals surface area contributed by atoms with E-state index < -0.39 is 0 Å². The Morgan fingerprint density at radius 3 is 1.53 bits per heavy atom. The van der Waals surface area contributed by atoms with Gasteiger partial charge in [-0.3, -0.25) is 0 Å².